The van der Waals surface area contributed by atoms with E-state index >= 15 is 0 Å². The third-order valence-corrected chi connectivity index (χ3v) is 2.98. The van der Waals surface area contributed by atoms with Crippen molar-refractivity contribution in [2.24, 2.45) is 0 Å². The molecule has 0 saturated carbocycles. The monoisotopic (exact) mass is 254 g/mol. The molecule has 1 N–H and O–H groups in total. The fourth-order valence-corrected chi connectivity index (χ4v) is 2.05. The minimum atomic E-state index is -3.87. The van der Waals surface area contributed by atoms with Crippen LogP contribution in [0, 0.1) is 0 Å². The maximum absolute atomic E-state index is 13.6. The van der Waals surface area contributed by atoms with Gasteiger partial charge in [0.2, 0.25) is 0 Å². The van der Waals surface area contributed by atoms with Gasteiger partial charge in [0.25, 0.3) is 0 Å². The van der Waals surface area contributed by atoms with E-state index in [4.69, 9.17) is 9.84 Å². The van der Waals surface area contributed by atoms with E-state index in [-0.39, 0.29) is 5.56 Å². The molecule has 0 radical (unpaired) electrons. The van der Waals surface area contributed by atoms with Crippen molar-refractivity contribution >= 4 is 11.5 Å². The van der Waals surface area contributed by atoms with E-state index in [1.54, 1.807) is 12.1 Å². The number of halogens is 2. The highest BCUT2D eigenvalue weighted by atomic mass is 19.3. The molecule has 0 unspecified atom stereocenters. The first-order valence-electron chi connectivity index (χ1n) is 5.46. The zero-order valence-electron chi connectivity index (χ0n) is 9.74. The van der Waals surface area contributed by atoms with Gasteiger partial charge in [-0.2, -0.15) is 8.78 Å². The molecule has 5 heteroatoms. The SMILES string of the molecule is COc1ccc2c(c1)C(C(F)(F)C(=O)O)=CCC2. The van der Waals surface area contributed by atoms with Gasteiger partial charge in [-0.3, -0.25) is 0 Å². The van der Waals surface area contributed by atoms with Crippen LogP contribution in [0.2, 0.25) is 0 Å². The third-order valence-electron chi connectivity index (χ3n) is 2.98. The Kier molecular flexibility index (Phi) is 3.07. The van der Waals surface area contributed by atoms with E-state index in [2.05, 4.69) is 0 Å². The van der Waals surface area contributed by atoms with Gasteiger partial charge in [-0.1, -0.05) is 12.1 Å². The normalized spacial score (nSPS) is 14.7. The van der Waals surface area contributed by atoms with Crippen LogP contribution in [0.3, 0.4) is 0 Å². The summed E-state index contributed by atoms with van der Waals surface area (Å²) in [5, 5.41) is 8.62. The summed E-state index contributed by atoms with van der Waals surface area (Å²) in [6, 6.07) is 4.83. The zero-order chi connectivity index (χ0) is 13.3. The van der Waals surface area contributed by atoms with Crippen molar-refractivity contribution in [3.8, 4) is 5.75 Å². The second-order valence-corrected chi connectivity index (χ2v) is 4.06. The highest BCUT2D eigenvalue weighted by molar-refractivity contribution is 5.94. The summed E-state index contributed by atoms with van der Waals surface area (Å²) in [7, 11) is 1.43. The molecule has 0 aliphatic heterocycles. The van der Waals surface area contributed by atoms with Gasteiger partial charge in [0.15, 0.2) is 0 Å². The molecule has 2 rings (SSSR count). The number of allylic oxidation sites excluding steroid dienone is 1. The van der Waals surface area contributed by atoms with Gasteiger partial charge in [-0.15, -0.1) is 0 Å². The number of aliphatic carboxylic acids is 1. The van der Waals surface area contributed by atoms with E-state index < -0.39 is 17.5 Å². The molecule has 18 heavy (non-hydrogen) atoms. The Labute approximate surface area is 103 Å². The molecule has 0 saturated heterocycles. The molecule has 1 aromatic carbocycles. The Balaban J connectivity index is 2.54. The molecule has 0 bridgehead atoms. The average Bonchev–Trinajstić information content (AvgIpc) is 2.37. The average molecular weight is 254 g/mol. The standard InChI is InChI=1S/C13H12F2O3/c1-18-9-6-5-8-3-2-4-11(10(8)7-9)13(14,15)12(16)17/h4-7H,2-3H2,1H3,(H,16,17). The highest BCUT2D eigenvalue weighted by Crippen LogP contribution is 2.39. The van der Waals surface area contributed by atoms with E-state index in [1.807, 2.05) is 0 Å². The Morgan fingerprint density at radius 3 is 2.78 bits per heavy atom. The van der Waals surface area contributed by atoms with Crippen LogP contribution in [-0.4, -0.2) is 24.1 Å². The van der Waals surface area contributed by atoms with Crippen LogP contribution in [0.4, 0.5) is 8.78 Å². The number of carboxylic acid groups (broad SMARTS) is 1. The Bertz CT molecular complexity index is 521. The molecule has 0 heterocycles. The lowest BCUT2D eigenvalue weighted by Crippen LogP contribution is -2.31. The number of hydrogen-bond acceptors (Lipinski definition) is 2. The summed E-state index contributed by atoms with van der Waals surface area (Å²) in [4.78, 5) is 10.7. The van der Waals surface area contributed by atoms with Crippen LogP contribution in [0.5, 0.6) is 5.75 Å². The van der Waals surface area contributed by atoms with Crippen LogP contribution in [-0.2, 0) is 11.2 Å². The Morgan fingerprint density at radius 2 is 2.17 bits per heavy atom. The minimum Gasteiger partial charge on any atom is -0.497 e. The van der Waals surface area contributed by atoms with E-state index in [0.717, 1.165) is 0 Å². The number of carboxylic acids is 1. The predicted octanol–water partition coefficient (Wildman–Crippen LogP) is 2.74. The van der Waals surface area contributed by atoms with Gasteiger partial charge in [0.1, 0.15) is 5.75 Å². The maximum Gasteiger partial charge on any atom is 0.379 e. The first-order valence-corrected chi connectivity index (χ1v) is 5.46. The summed E-state index contributed by atoms with van der Waals surface area (Å²) in [5.41, 5.74) is 0.525. The maximum atomic E-state index is 13.6. The smallest absolute Gasteiger partial charge is 0.379 e. The molecule has 0 aromatic heterocycles. The van der Waals surface area contributed by atoms with Gasteiger partial charge in [0.05, 0.1) is 7.11 Å². The topological polar surface area (TPSA) is 46.5 Å². The first-order chi connectivity index (χ1) is 8.46. The molecule has 1 aliphatic rings. The summed E-state index contributed by atoms with van der Waals surface area (Å²) in [5.74, 6) is -5.58. The molecule has 0 atom stereocenters. The Morgan fingerprint density at radius 1 is 1.44 bits per heavy atom. The number of hydrogen-bond donors (Lipinski definition) is 1. The molecule has 0 amide bonds. The second-order valence-electron chi connectivity index (χ2n) is 4.06. The molecular formula is C13H12F2O3. The molecule has 0 spiro atoms. The van der Waals surface area contributed by atoms with Crippen LogP contribution < -0.4 is 4.74 Å². The van der Waals surface area contributed by atoms with Gasteiger partial charge in [0, 0.05) is 5.57 Å². The summed E-state index contributed by atoms with van der Waals surface area (Å²) < 4.78 is 32.3. The third kappa shape index (κ3) is 1.96. The molecule has 3 nitrogen and oxygen atoms in total. The number of rotatable bonds is 3. The lowest BCUT2D eigenvalue weighted by molar-refractivity contribution is -0.156. The first kappa shape index (κ1) is 12.5. The number of ether oxygens (including phenoxy) is 1. The van der Waals surface area contributed by atoms with Gasteiger partial charge < -0.3 is 9.84 Å². The lowest BCUT2D eigenvalue weighted by atomic mass is 9.87. The predicted molar refractivity (Wildman–Crippen MR) is 61.9 cm³/mol. The van der Waals surface area contributed by atoms with E-state index in [9.17, 15) is 13.6 Å². The van der Waals surface area contributed by atoms with Crippen molar-refractivity contribution in [1.29, 1.82) is 0 Å². The van der Waals surface area contributed by atoms with Crippen LogP contribution in [0.15, 0.2) is 24.3 Å². The largest absolute Gasteiger partial charge is 0.497 e. The van der Waals surface area contributed by atoms with Crippen LogP contribution in [0.25, 0.3) is 5.57 Å². The van der Waals surface area contributed by atoms with Crippen molar-refractivity contribution in [2.75, 3.05) is 7.11 Å². The van der Waals surface area contributed by atoms with Crippen molar-refractivity contribution in [2.45, 2.75) is 18.8 Å². The molecular weight excluding hydrogens is 242 g/mol. The second kappa shape index (κ2) is 4.40. The van der Waals surface area contributed by atoms with E-state index in [0.29, 0.717) is 24.2 Å². The van der Waals surface area contributed by atoms with Crippen LogP contribution in [0.1, 0.15) is 17.5 Å². The molecule has 0 fully saturated rings. The fourth-order valence-electron chi connectivity index (χ4n) is 2.05. The molecule has 1 aromatic rings. The van der Waals surface area contributed by atoms with Crippen molar-refractivity contribution in [3.05, 3.63) is 35.4 Å². The number of aryl methyl sites for hydroxylation is 1. The summed E-state index contributed by atoms with van der Waals surface area (Å²) >= 11 is 0. The van der Waals surface area contributed by atoms with Gasteiger partial charge >= 0.3 is 11.9 Å². The summed E-state index contributed by atoms with van der Waals surface area (Å²) in [6.45, 7) is 0. The van der Waals surface area contributed by atoms with Crippen molar-refractivity contribution in [1.82, 2.24) is 0 Å². The Hall–Kier alpha value is -1.91. The fraction of sp³-hybridized carbons (Fsp3) is 0.308. The minimum absolute atomic E-state index is 0.257. The van der Waals surface area contributed by atoms with E-state index in [1.165, 1.54) is 19.3 Å². The van der Waals surface area contributed by atoms with Crippen LogP contribution >= 0.6 is 0 Å². The quantitative estimate of drug-likeness (QED) is 0.902. The van der Waals surface area contributed by atoms with Gasteiger partial charge in [-0.25, -0.2) is 4.79 Å². The van der Waals surface area contributed by atoms with Crippen molar-refractivity contribution in [3.63, 3.8) is 0 Å². The highest BCUT2D eigenvalue weighted by Gasteiger charge is 2.45. The number of benzene rings is 1. The molecule has 1 aliphatic carbocycles. The molecule has 96 valence electrons. The lowest BCUT2D eigenvalue weighted by Gasteiger charge is -2.22. The zero-order valence-corrected chi connectivity index (χ0v) is 9.74. The number of alkyl halides is 2. The number of fused-ring (bicyclic) bond motifs is 1. The van der Waals surface area contributed by atoms with Crippen molar-refractivity contribution < 1.29 is 23.4 Å². The number of carbonyl (C=O) groups is 1. The number of methoxy groups -OCH3 is 1. The van der Waals surface area contributed by atoms with Gasteiger partial charge in [-0.05, 0) is 36.1 Å². The summed E-state index contributed by atoms with van der Waals surface area (Å²) in [6.07, 6.45) is 2.33.